The summed E-state index contributed by atoms with van der Waals surface area (Å²) in [7, 11) is -1.52. The van der Waals surface area contributed by atoms with Crippen LogP contribution in [0.15, 0.2) is 71.3 Å². The molecule has 3 aromatic carbocycles. The summed E-state index contributed by atoms with van der Waals surface area (Å²) in [5.74, 6) is 1.62. The van der Waals surface area contributed by atoms with E-state index >= 15 is 0 Å². The molecule has 0 aromatic heterocycles. The van der Waals surface area contributed by atoms with Crippen LogP contribution in [0.1, 0.15) is 112 Å². The molecule has 0 saturated heterocycles. The Morgan fingerprint density at radius 1 is 0.575 bits per heavy atom. The van der Waals surface area contributed by atoms with E-state index < -0.39 is 8.80 Å². The molecule has 0 spiro atoms. The first kappa shape index (κ1) is 30.3. The first-order valence-electron chi connectivity index (χ1n) is 15.6. The normalized spacial score (nSPS) is 17.2. The summed E-state index contributed by atoms with van der Waals surface area (Å²) in [4.78, 5) is 0. The highest BCUT2D eigenvalue weighted by Crippen LogP contribution is 2.46. The maximum absolute atomic E-state index is 2.54. The molecule has 0 radical (unpaired) electrons. The van der Waals surface area contributed by atoms with Gasteiger partial charge in [-0.25, -0.2) is 0 Å². The molecule has 1 aliphatic rings. The smallest absolute Gasteiger partial charge is 0.0648 e. The van der Waals surface area contributed by atoms with Crippen molar-refractivity contribution in [3.05, 3.63) is 110 Å². The second kappa shape index (κ2) is 12.5. The third-order valence-electron chi connectivity index (χ3n) is 9.84. The molecule has 0 heterocycles. The third kappa shape index (κ3) is 6.31. The molecule has 3 unspecified atom stereocenters. The summed E-state index contributed by atoms with van der Waals surface area (Å²) in [5, 5.41) is 3.18. The number of rotatable bonds is 9. The summed E-state index contributed by atoms with van der Waals surface area (Å²) < 4.78 is 0. The first-order chi connectivity index (χ1) is 18.9. The lowest BCUT2D eigenvalue weighted by molar-refractivity contribution is 0.710. The minimum Gasteiger partial charge on any atom is -0.0648 e. The molecule has 0 saturated carbocycles. The quantitative estimate of drug-likeness (QED) is 0.233. The second-order valence-electron chi connectivity index (χ2n) is 13.0. The lowest BCUT2D eigenvalue weighted by Gasteiger charge is -2.27. The number of allylic oxidation sites excluding steroid dienone is 4. The highest BCUT2D eigenvalue weighted by Gasteiger charge is 2.33. The predicted octanol–water partition coefficient (Wildman–Crippen LogP) is 9.73. The summed E-state index contributed by atoms with van der Waals surface area (Å²) in [6, 6.07) is 23.4. The van der Waals surface area contributed by atoms with Gasteiger partial charge in [-0.3, -0.25) is 0 Å². The maximum Gasteiger partial charge on any atom is 0.104 e. The van der Waals surface area contributed by atoms with Gasteiger partial charge in [-0.15, -0.1) is 0 Å². The van der Waals surface area contributed by atoms with Gasteiger partial charge >= 0.3 is 0 Å². The van der Waals surface area contributed by atoms with Gasteiger partial charge in [0.05, 0.1) is 0 Å². The Kier molecular flexibility index (Phi) is 9.46. The van der Waals surface area contributed by atoms with Gasteiger partial charge in [-0.2, -0.15) is 0 Å². The molecular weight excluding hydrogens is 497 g/mol. The first-order valence-corrected chi connectivity index (χ1v) is 17.6. The Balaban J connectivity index is 1.89. The molecule has 1 heteroatoms. The summed E-state index contributed by atoms with van der Waals surface area (Å²) >= 11 is 0. The Morgan fingerprint density at radius 3 is 1.40 bits per heavy atom. The van der Waals surface area contributed by atoms with Crippen molar-refractivity contribution >= 4 is 24.7 Å². The molecule has 3 atom stereocenters. The van der Waals surface area contributed by atoms with Gasteiger partial charge in [0, 0.05) is 5.92 Å². The minimum atomic E-state index is -1.52. The molecule has 40 heavy (non-hydrogen) atoms. The SMILES string of the molecule is CCC(C)c1cc(C2=C(C)C(C)=C(C)C2C[SiH](c2cc(C)cc(C)c2)c2cc(C)cc(C)c2)cc(C(C)CC)c1. The molecular formula is C39H52Si. The largest absolute Gasteiger partial charge is 0.104 e. The van der Waals surface area contributed by atoms with Crippen LogP contribution >= 0.6 is 0 Å². The van der Waals surface area contributed by atoms with Crippen LogP contribution in [-0.2, 0) is 0 Å². The van der Waals surface area contributed by atoms with Gasteiger partial charge in [-0.05, 0) is 113 Å². The Bertz CT molecular complexity index is 1330. The second-order valence-corrected chi connectivity index (χ2v) is 15.9. The lowest BCUT2D eigenvalue weighted by Crippen LogP contribution is -2.44. The van der Waals surface area contributed by atoms with Crippen molar-refractivity contribution < 1.29 is 0 Å². The van der Waals surface area contributed by atoms with Gasteiger partial charge in [0.2, 0.25) is 0 Å². The van der Waals surface area contributed by atoms with Crippen molar-refractivity contribution in [1.82, 2.24) is 0 Å². The van der Waals surface area contributed by atoms with E-state index in [9.17, 15) is 0 Å². The van der Waals surface area contributed by atoms with Gasteiger partial charge in [0.15, 0.2) is 0 Å². The van der Waals surface area contributed by atoms with Crippen LogP contribution in [0.3, 0.4) is 0 Å². The van der Waals surface area contributed by atoms with E-state index in [1.165, 1.54) is 69.0 Å². The molecule has 0 nitrogen and oxygen atoms in total. The highest BCUT2D eigenvalue weighted by atomic mass is 28.3. The molecule has 0 fully saturated rings. The number of aryl methyl sites for hydroxylation is 4. The van der Waals surface area contributed by atoms with Crippen LogP contribution in [0.25, 0.3) is 5.57 Å². The van der Waals surface area contributed by atoms with Crippen LogP contribution in [0.2, 0.25) is 6.04 Å². The predicted molar refractivity (Wildman–Crippen MR) is 181 cm³/mol. The molecule has 4 rings (SSSR count). The highest BCUT2D eigenvalue weighted by molar-refractivity contribution is 6.85. The van der Waals surface area contributed by atoms with E-state index in [-0.39, 0.29) is 0 Å². The topological polar surface area (TPSA) is 0 Å². The van der Waals surface area contributed by atoms with Crippen molar-refractivity contribution in [1.29, 1.82) is 0 Å². The number of benzene rings is 3. The average molecular weight is 549 g/mol. The number of hydrogen-bond acceptors (Lipinski definition) is 0. The molecule has 0 amide bonds. The molecule has 3 aromatic rings. The third-order valence-corrected chi connectivity index (χ3v) is 13.1. The van der Waals surface area contributed by atoms with Crippen LogP contribution in [-0.4, -0.2) is 8.80 Å². The van der Waals surface area contributed by atoms with Gasteiger partial charge in [0.1, 0.15) is 8.80 Å². The zero-order chi connectivity index (χ0) is 29.3. The fourth-order valence-corrected chi connectivity index (χ4v) is 10.8. The number of hydrogen-bond donors (Lipinski definition) is 0. The fraction of sp³-hybridized carbons (Fsp3) is 0.436. The fourth-order valence-electron chi connectivity index (χ4n) is 6.94. The van der Waals surface area contributed by atoms with Crippen molar-refractivity contribution in [2.24, 2.45) is 5.92 Å². The molecule has 0 aliphatic heterocycles. The van der Waals surface area contributed by atoms with Gasteiger partial charge in [0.25, 0.3) is 0 Å². The van der Waals surface area contributed by atoms with Crippen LogP contribution in [0.4, 0.5) is 0 Å². The van der Waals surface area contributed by atoms with Gasteiger partial charge < -0.3 is 0 Å². The zero-order valence-corrected chi connectivity index (χ0v) is 28.3. The molecule has 1 aliphatic carbocycles. The monoisotopic (exact) mass is 548 g/mol. The molecule has 0 bridgehead atoms. The van der Waals surface area contributed by atoms with Gasteiger partial charge in [-0.1, -0.05) is 120 Å². The van der Waals surface area contributed by atoms with E-state index in [2.05, 4.69) is 131 Å². The Morgan fingerprint density at radius 2 is 1.00 bits per heavy atom. The van der Waals surface area contributed by atoms with E-state index in [1.807, 2.05) is 0 Å². The Hall–Kier alpha value is -2.64. The summed E-state index contributed by atoms with van der Waals surface area (Å²) in [6.07, 6.45) is 2.35. The molecule has 212 valence electrons. The van der Waals surface area contributed by atoms with E-state index in [0.29, 0.717) is 17.8 Å². The van der Waals surface area contributed by atoms with Crippen molar-refractivity contribution in [3.63, 3.8) is 0 Å². The average Bonchev–Trinajstić information content (AvgIpc) is 3.12. The maximum atomic E-state index is 2.54. The molecule has 0 N–H and O–H groups in total. The summed E-state index contributed by atoms with van der Waals surface area (Å²) in [6.45, 7) is 25.7. The van der Waals surface area contributed by atoms with Crippen LogP contribution < -0.4 is 10.4 Å². The lowest BCUT2D eigenvalue weighted by atomic mass is 9.84. The van der Waals surface area contributed by atoms with Crippen molar-refractivity contribution in [2.75, 3.05) is 0 Å². The van der Waals surface area contributed by atoms with E-state index in [0.717, 1.165) is 0 Å². The summed E-state index contributed by atoms with van der Waals surface area (Å²) in [5.41, 5.74) is 16.2. The zero-order valence-electron chi connectivity index (χ0n) is 27.1. The van der Waals surface area contributed by atoms with E-state index in [1.54, 1.807) is 21.5 Å². The van der Waals surface area contributed by atoms with Crippen LogP contribution in [0, 0.1) is 33.6 Å². The van der Waals surface area contributed by atoms with E-state index in [4.69, 9.17) is 0 Å². The van der Waals surface area contributed by atoms with Crippen molar-refractivity contribution in [2.45, 2.75) is 107 Å². The minimum absolute atomic E-state index is 0.468. The Labute approximate surface area is 247 Å². The van der Waals surface area contributed by atoms with Crippen LogP contribution in [0.5, 0.6) is 0 Å². The van der Waals surface area contributed by atoms with Crippen molar-refractivity contribution in [3.8, 4) is 0 Å². The standard InChI is InChI=1S/C39H52Si/c1-12-28(7)33-20-34(29(8)13-2)22-35(21-33)39-32(11)30(9)31(10)38(39)23-40(36-16-24(3)14-25(4)17-36)37-18-26(5)15-27(6)19-37/h14-22,28-29,38,40H,12-13,23H2,1-11H3.